The highest BCUT2D eigenvalue weighted by Gasteiger charge is 2.23. The standard InChI is InChI=1S/C20H18ClFN4O2/c21-16-5-1-15(2-6-16)20(27)26-11-9-25(10-12-26)13-18-23-19(28-24-18)14-3-7-17(22)8-4-14/h1-8H,9-13H2. The third-order valence-corrected chi connectivity index (χ3v) is 4.93. The molecule has 6 nitrogen and oxygen atoms in total. The van der Waals surface area contributed by atoms with E-state index in [4.69, 9.17) is 16.1 Å². The Morgan fingerprint density at radius 1 is 1.04 bits per heavy atom. The molecule has 0 N–H and O–H groups in total. The molecule has 4 rings (SSSR count). The van der Waals surface area contributed by atoms with Crippen LogP contribution in [0.15, 0.2) is 53.1 Å². The molecule has 0 spiro atoms. The minimum Gasteiger partial charge on any atom is -0.336 e. The molecule has 144 valence electrons. The Bertz CT molecular complexity index is 951. The average molecular weight is 401 g/mol. The number of aromatic nitrogens is 2. The van der Waals surface area contributed by atoms with Crippen molar-refractivity contribution in [3.05, 3.63) is 70.8 Å². The molecule has 0 radical (unpaired) electrons. The van der Waals surface area contributed by atoms with Crippen LogP contribution < -0.4 is 0 Å². The summed E-state index contributed by atoms with van der Waals surface area (Å²) >= 11 is 5.88. The molecule has 0 unspecified atom stereocenters. The summed E-state index contributed by atoms with van der Waals surface area (Å²) in [6, 6.07) is 12.9. The molecule has 1 aromatic heterocycles. The Labute approximate surface area is 166 Å². The highest BCUT2D eigenvalue weighted by Crippen LogP contribution is 2.18. The van der Waals surface area contributed by atoms with Crippen molar-refractivity contribution in [1.29, 1.82) is 0 Å². The molecule has 3 aromatic rings. The SMILES string of the molecule is O=C(c1ccc(Cl)cc1)N1CCN(Cc2noc(-c3ccc(F)cc3)n2)CC1. The fourth-order valence-corrected chi connectivity index (χ4v) is 3.24. The number of nitrogens with zero attached hydrogens (tertiary/aromatic N) is 4. The zero-order valence-corrected chi connectivity index (χ0v) is 15.8. The Morgan fingerprint density at radius 3 is 2.39 bits per heavy atom. The van der Waals surface area contributed by atoms with E-state index in [9.17, 15) is 9.18 Å². The topological polar surface area (TPSA) is 62.5 Å². The van der Waals surface area contributed by atoms with Crippen LogP contribution in [0.1, 0.15) is 16.2 Å². The monoisotopic (exact) mass is 400 g/mol. The van der Waals surface area contributed by atoms with Crippen molar-refractivity contribution in [2.75, 3.05) is 26.2 Å². The van der Waals surface area contributed by atoms with Gasteiger partial charge in [-0.2, -0.15) is 4.98 Å². The smallest absolute Gasteiger partial charge is 0.257 e. The number of piperazine rings is 1. The van der Waals surface area contributed by atoms with Crippen molar-refractivity contribution in [2.24, 2.45) is 0 Å². The number of hydrogen-bond acceptors (Lipinski definition) is 5. The predicted molar refractivity (Wildman–Crippen MR) is 102 cm³/mol. The maximum Gasteiger partial charge on any atom is 0.257 e. The Kier molecular flexibility index (Phi) is 5.36. The van der Waals surface area contributed by atoms with Gasteiger partial charge in [-0.3, -0.25) is 9.69 Å². The van der Waals surface area contributed by atoms with Crippen LogP contribution >= 0.6 is 11.6 Å². The lowest BCUT2D eigenvalue weighted by Gasteiger charge is -2.34. The number of carbonyl (C=O) groups is 1. The number of hydrogen-bond donors (Lipinski definition) is 0. The van der Waals surface area contributed by atoms with Gasteiger partial charge in [-0.05, 0) is 48.5 Å². The second-order valence-electron chi connectivity index (χ2n) is 6.60. The molecule has 0 saturated carbocycles. The van der Waals surface area contributed by atoms with Gasteiger partial charge in [-0.1, -0.05) is 16.8 Å². The van der Waals surface area contributed by atoms with E-state index in [0.717, 1.165) is 13.1 Å². The first-order valence-electron chi connectivity index (χ1n) is 8.94. The molecule has 1 fully saturated rings. The van der Waals surface area contributed by atoms with Gasteiger partial charge >= 0.3 is 0 Å². The van der Waals surface area contributed by atoms with Crippen LogP contribution in [0.3, 0.4) is 0 Å². The normalized spacial score (nSPS) is 15.0. The van der Waals surface area contributed by atoms with Crippen LogP contribution in [0.5, 0.6) is 0 Å². The maximum absolute atomic E-state index is 13.0. The fraction of sp³-hybridized carbons (Fsp3) is 0.250. The molecule has 2 aromatic carbocycles. The van der Waals surface area contributed by atoms with Gasteiger partial charge in [0.1, 0.15) is 5.82 Å². The third-order valence-electron chi connectivity index (χ3n) is 4.67. The molecule has 1 saturated heterocycles. The third kappa shape index (κ3) is 4.21. The summed E-state index contributed by atoms with van der Waals surface area (Å²) in [5, 5.41) is 4.62. The van der Waals surface area contributed by atoms with Crippen molar-refractivity contribution in [2.45, 2.75) is 6.54 Å². The van der Waals surface area contributed by atoms with Gasteiger partial charge in [0.25, 0.3) is 11.8 Å². The van der Waals surface area contributed by atoms with E-state index >= 15 is 0 Å². The van der Waals surface area contributed by atoms with Crippen molar-refractivity contribution in [3.8, 4) is 11.5 Å². The van der Waals surface area contributed by atoms with Crippen molar-refractivity contribution >= 4 is 17.5 Å². The van der Waals surface area contributed by atoms with Gasteiger partial charge < -0.3 is 9.42 Å². The Hall–Kier alpha value is -2.77. The van der Waals surface area contributed by atoms with Crippen molar-refractivity contribution in [3.63, 3.8) is 0 Å². The van der Waals surface area contributed by atoms with Gasteiger partial charge in [0, 0.05) is 42.3 Å². The summed E-state index contributed by atoms with van der Waals surface area (Å²) in [5.41, 5.74) is 1.32. The first-order valence-corrected chi connectivity index (χ1v) is 9.32. The zero-order valence-electron chi connectivity index (χ0n) is 15.0. The largest absolute Gasteiger partial charge is 0.336 e. The number of rotatable bonds is 4. The van der Waals surface area contributed by atoms with E-state index < -0.39 is 0 Å². The summed E-state index contributed by atoms with van der Waals surface area (Å²) in [5.74, 6) is 0.632. The van der Waals surface area contributed by atoms with E-state index in [0.29, 0.717) is 47.5 Å². The van der Waals surface area contributed by atoms with Crippen LogP contribution in [0.4, 0.5) is 4.39 Å². The molecular weight excluding hydrogens is 383 g/mol. The van der Waals surface area contributed by atoms with Crippen LogP contribution in [0, 0.1) is 5.82 Å². The summed E-state index contributed by atoms with van der Waals surface area (Å²) in [7, 11) is 0. The number of halogens is 2. The summed E-state index contributed by atoms with van der Waals surface area (Å²) < 4.78 is 18.3. The first-order chi connectivity index (χ1) is 13.6. The number of benzene rings is 2. The Morgan fingerprint density at radius 2 is 1.71 bits per heavy atom. The summed E-state index contributed by atoms with van der Waals surface area (Å²) in [6.07, 6.45) is 0. The van der Waals surface area contributed by atoms with Gasteiger partial charge in [-0.25, -0.2) is 4.39 Å². The molecule has 1 aliphatic heterocycles. The maximum atomic E-state index is 13.0. The number of carbonyl (C=O) groups excluding carboxylic acids is 1. The quantitative estimate of drug-likeness (QED) is 0.671. The van der Waals surface area contributed by atoms with Crippen LogP contribution in [-0.2, 0) is 6.54 Å². The van der Waals surface area contributed by atoms with Gasteiger partial charge in [-0.15, -0.1) is 0 Å². The number of amides is 1. The lowest BCUT2D eigenvalue weighted by Crippen LogP contribution is -2.48. The van der Waals surface area contributed by atoms with E-state index in [2.05, 4.69) is 15.0 Å². The molecule has 1 amide bonds. The van der Waals surface area contributed by atoms with E-state index in [1.807, 2.05) is 4.90 Å². The second-order valence-corrected chi connectivity index (χ2v) is 7.03. The van der Waals surface area contributed by atoms with Crippen LogP contribution in [0.25, 0.3) is 11.5 Å². The average Bonchev–Trinajstić information content (AvgIpc) is 3.18. The molecule has 2 heterocycles. The highest BCUT2D eigenvalue weighted by molar-refractivity contribution is 6.30. The summed E-state index contributed by atoms with van der Waals surface area (Å²) in [6.45, 7) is 3.24. The van der Waals surface area contributed by atoms with Gasteiger partial charge in [0.2, 0.25) is 0 Å². The lowest BCUT2D eigenvalue weighted by molar-refractivity contribution is 0.0624. The fourth-order valence-electron chi connectivity index (χ4n) is 3.11. The summed E-state index contributed by atoms with van der Waals surface area (Å²) in [4.78, 5) is 20.9. The Balaban J connectivity index is 1.33. The van der Waals surface area contributed by atoms with Crippen LogP contribution in [0.2, 0.25) is 5.02 Å². The van der Waals surface area contributed by atoms with Crippen LogP contribution in [-0.4, -0.2) is 52.0 Å². The van der Waals surface area contributed by atoms with Crippen molar-refractivity contribution in [1.82, 2.24) is 19.9 Å². The minimum atomic E-state index is -0.311. The van der Waals surface area contributed by atoms with E-state index in [1.165, 1.54) is 12.1 Å². The van der Waals surface area contributed by atoms with Crippen molar-refractivity contribution < 1.29 is 13.7 Å². The van der Waals surface area contributed by atoms with Gasteiger partial charge in [0.05, 0.1) is 6.54 Å². The molecule has 0 aliphatic carbocycles. The van der Waals surface area contributed by atoms with E-state index in [-0.39, 0.29) is 11.7 Å². The predicted octanol–water partition coefficient (Wildman–Crippen LogP) is 3.49. The second kappa shape index (κ2) is 8.08. The lowest BCUT2D eigenvalue weighted by atomic mass is 10.2. The van der Waals surface area contributed by atoms with Gasteiger partial charge in [0.15, 0.2) is 5.82 Å². The molecule has 8 heteroatoms. The van der Waals surface area contributed by atoms with E-state index in [1.54, 1.807) is 36.4 Å². The highest BCUT2D eigenvalue weighted by atomic mass is 35.5. The molecule has 0 atom stereocenters. The first kappa shape index (κ1) is 18.6. The molecular formula is C20H18ClFN4O2. The minimum absolute atomic E-state index is 0.00877. The molecule has 1 aliphatic rings. The zero-order chi connectivity index (χ0) is 19.5. The molecule has 0 bridgehead atoms. The molecule has 28 heavy (non-hydrogen) atoms.